The van der Waals surface area contributed by atoms with Crippen molar-refractivity contribution in [2.45, 2.75) is 0 Å². The smallest absolute Gasteiger partial charge is 0.164 e. The Bertz CT molecular complexity index is 3190. The summed E-state index contributed by atoms with van der Waals surface area (Å²) < 4.78 is 12.8. The molecule has 3 aromatic heterocycles. The van der Waals surface area contributed by atoms with Crippen molar-refractivity contribution in [1.29, 1.82) is 0 Å². The Morgan fingerprint density at radius 3 is 1.71 bits per heavy atom. The average molecular weight is 666 g/mol. The number of nitrogens with zero attached hydrogens (tertiary/aromatic N) is 3. The Balaban J connectivity index is 1.11. The predicted octanol–water partition coefficient (Wildman–Crippen LogP) is 12.6. The second-order valence-corrected chi connectivity index (χ2v) is 13.2. The minimum atomic E-state index is 0.592. The Labute approximate surface area is 297 Å². The molecule has 0 aliphatic heterocycles. The molecule has 0 atom stereocenters. The zero-order chi connectivity index (χ0) is 34.2. The summed E-state index contributed by atoms with van der Waals surface area (Å²) in [6.45, 7) is 0. The number of furan rings is 2. The van der Waals surface area contributed by atoms with Crippen LogP contribution in [0.1, 0.15) is 0 Å². The lowest BCUT2D eigenvalue weighted by molar-refractivity contribution is 0.668. The van der Waals surface area contributed by atoms with Gasteiger partial charge in [0.25, 0.3) is 0 Å². The zero-order valence-electron chi connectivity index (χ0n) is 27.7. The van der Waals surface area contributed by atoms with E-state index in [1.165, 1.54) is 10.8 Å². The zero-order valence-corrected chi connectivity index (χ0v) is 27.7. The third kappa shape index (κ3) is 4.53. The maximum absolute atomic E-state index is 6.46. The van der Waals surface area contributed by atoms with E-state index in [0.717, 1.165) is 82.5 Å². The first-order valence-electron chi connectivity index (χ1n) is 17.3. The largest absolute Gasteiger partial charge is 0.456 e. The third-order valence-electron chi connectivity index (χ3n) is 10.1. The van der Waals surface area contributed by atoms with E-state index in [0.29, 0.717) is 17.5 Å². The summed E-state index contributed by atoms with van der Waals surface area (Å²) in [4.78, 5) is 15.3. The molecule has 8 aromatic carbocycles. The van der Waals surface area contributed by atoms with Crippen LogP contribution in [0, 0.1) is 0 Å². The van der Waals surface area contributed by atoms with Gasteiger partial charge in [-0.25, -0.2) is 15.0 Å². The molecular formula is C47H27N3O2. The van der Waals surface area contributed by atoms with E-state index in [2.05, 4.69) is 121 Å². The highest BCUT2D eigenvalue weighted by molar-refractivity contribution is 6.14. The van der Waals surface area contributed by atoms with Gasteiger partial charge in [0.2, 0.25) is 0 Å². The summed E-state index contributed by atoms with van der Waals surface area (Å²) in [5, 5.41) is 8.76. The van der Waals surface area contributed by atoms with E-state index in [1.54, 1.807) is 0 Å². The molecule has 52 heavy (non-hydrogen) atoms. The third-order valence-corrected chi connectivity index (χ3v) is 10.1. The number of hydrogen-bond acceptors (Lipinski definition) is 5. The van der Waals surface area contributed by atoms with E-state index >= 15 is 0 Å². The van der Waals surface area contributed by atoms with E-state index in [1.807, 2.05) is 42.5 Å². The van der Waals surface area contributed by atoms with Crippen molar-refractivity contribution in [3.63, 3.8) is 0 Å². The summed E-state index contributed by atoms with van der Waals surface area (Å²) in [7, 11) is 0. The summed E-state index contributed by atoms with van der Waals surface area (Å²) >= 11 is 0. The van der Waals surface area contributed by atoms with Crippen molar-refractivity contribution < 1.29 is 8.83 Å². The van der Waals surface area contributed by atoms with Crippen molar-refractivity contribution in [1.82, 2.24) is 15.0 Å². The van der Waals surface area contributed by atoms with Crippen molar-refractivity contribution in [2.24, 2.45) is 0 Å². The molecule has 11 aromatic rings. The topological polar surface area (TPSA) is 65.0 Å². The molecule has 5 nitrogen and oxygen atoms in total. The fourth-order valence-corrected chi connectivity index (χ4v) is 7.59. The average Bonchev–Trinajstić information content (AvgIpc) is 3.77. The van der Waals surface area contributed by atoms with Crippen molar-refractivity contribution in [2.75, 3.05) is 0 Å². The number of rotatable bonds is 4. The maximum Gasteiger partial charge on any atom is 0.164 e. The van der Waals surface area contributed by atoms with Gasteiger partial charge in [0.1, 0.15) is 22.3 Å². The van der Waals surface area contributed by atoms with Gasteiger partial charge in [0.05, 0.1) is 0 Å². The van der Waals surface area contributed by atoms with E-state index in [9.17, 15) is 0 Å². The summed E-state index contributed by atoms with van der Waals surface area (Å²) in [5.74, 6) is 1.83. The van der Waals surface area contributed by atoms with Gasteiger partial charge in [-0.15, -0.1) is 0 Å². The lowest BCUT2D eigenvalue weighted by atomic mass is 9.98. The van der Waals surface area contributed by atoms with Gasteiger partial charge in [-0.2, -0.15) is 0 Å². The van der Waals surface area contributed by atoms with Crippen LogP contribution in [0.3, 0.4) is 0 Å². The summed E-state index contributed by atoms with van der Waals surface area (Å²) in [6, 6.07) is 56.4. The standard InChI is InChI=1S/C47H27N3O2/c1-2-11-29(12-3-1)45-48-46(35-17-8-15-28-10-6-7-16-34(28)35)50-47(49-45)36-18-9-19-42-44(36)39-26-33(21-23-41(39)51-42)32-20-22-40-37(25-32)38-24-30-13-4-5-14-31(30)27-43(38)52-40/h1-27H. The molecule has 0 aliphatic carbocycles. The van der Waals surface area contributed by atoms with Gasteiger partial charge in [-0.3, -0.25) is 0 Å². The van der Waals surface area contributed by atoms with Crippen molar-refractivity contribution in [3.05, 3.63) is 164 Å². The van der Waals surface area contributed by atoms with Gasteiger partial charge >= 0.3 is 0 Å². The Kier molecular flexibility index (Phi) is 6.18. The number of fused-ring (bicyclic) bond motifs is 8. The fourth-order valence-electron chi connectivity index (χ4n) is 7.59. The van der Waals surface area contributed by atoms with Crippen LogP contribution < -0.4 is 0 Å². The first-order valence-corrected chi connectivity index (χ1v) is 17.3. The molecule has 0 amide bonds. The minimum Gasteiger partial charge on any atom is -0.456 e. The molecule has 0 radical (unpaired) electrons. The lowest BCUT2D eigenvalue weighted by Crippen LogP contribution is -2.00. The van der Waals surface area contributed by atoms with Gasteiger partial charge in [-0.05, 0) is 75.1 Å². The van der Waals surface area contributed by atoms with Crippen LogP contribution in [-0.4, -0.2) is 15.0 Å². The molecular weight excluding hydrogens is 639 g/mol. The normalized spacial score (nSPS) is 11.8. The van der Waals surface area contributed by atoms with Gasteiger partial charge in [0, 0.05) is 38.2 Å². The summed E-state index contributed by atoms with van der Waals surface area (Å²) in [6.07, 6.45) is 0. The fraction of sp³-hybridized carbons (Fsp3) is 0. The molecule has 3 heterocycles. The van der Waals surface area contributed by atoms with Crippen molar-refractivity contribution >= 4 is 65.4 Å². The van der Waals surface area contributed by atoms with Gasteiger partial charge in [0.15, 0.2) is 17.5 Å². The van der Waals surface area contributed by atoms with Crippen LogP contribution in [0.5, 0.6) is 0 Å². The first kappa shape index (κ1) is 28.7. The highest BCUT2D eigenvalue weighted by Gasteiger charge is 2.19. The van der Waals surface area contributed by atoms with Crippen LogP contribution in [0.25, 0.3) is 111 Å². The molecule has 0 unspecified atom stereocenters. The van der Waals surface area contributed by atoms with Crippen LogP contribution in [0.2, 0.25) is 0 Å². The van der Waals surface area contributed by atoms with Crippen LogP contribution in [0.4, 0.5) is 0 Å². The Hall–Kier alpha value is -7.11. The van der Waals surface area contributed by atoms with Crippen molar-refractivity contribution in [3.8, 4) is 45.3 Å². The Morgan fingerprint density at radius 2 is 0.885 bits per heavy atom. The van der Waals surface area contributed by atoms with Crippen LogP contribution in [0.15, 0.2) is 173 Å². The molecule has 11 rings (SSSR count). The molecule has 0 aliphatic rings. The van der Waals surface area contributed by atoms with Gasteiger partial charge < -0.3 is 8.83 Å². The van der Waals surface area contributed by atoms with E-state index in [-0.39, 0.29) is 0 Å². The minimum absolute atomic E-state index is 0.592. The highest BCUT2D eigenvalue weighted by atomic mass is 16.3. The first-order chi connectivity index (χ1) is 25.7. The number of benzene rings is 8. The molecule has 0 bridgehead atoms. The molecule has 0 saturated carbocycles. The lowest BCUT2D eigenvalue weighted by Gasteiger charge is -2.11. The molecule has 5 heteroatoms. The van der Waals surface area contributed by atoms with E-state index in [4.69, 9.17) is 23.8 Å². The molecule has 0 fully saturated rings. The maximum atomic E-state index is 6.46. The van der Waals surface area contributed by atoms with E-state index < -0.39 is 0 Å². The summed E-state index contributed by atoms with van der Waals surface area (Å²) in [5.41, 5.74) is 8.30. The van der Waals surface area contributed by atoms with Crippen LogP contribution in [-0.2, 0) is 0 Å². The number of aromatic nitrogens is 3. The number of hydrogen-bond donors (Lipinski definition) is 0. The van der Waals surface area contributed by atoms with Crippen LogP contribution >= 0.6 is 0 Å². The molecule has 0 spiro atoms. The predicted molar refractivity (Wildman–Crippen MR) is 211 cm³/mol. The Morgan fingerprint density at radius 1 is 0.308 bits per heavy atom. The second kappa shape index (κ2) is 11.2. The molecule has 242 valence electrons. The molecule has 0 saturated heterocycles. The van der Waals surface area contributed by atoms with Gasteiger partial charge in [-0.1, -0.05) is 121 Å². The highest BCUT2D eigenvalue weighted by Crippen LogP contribution is 2.40. The quantitative estimate of drug-likeness (QED) is 0.187. The molecule has 0 N–H and O–H groups in total. The monoisotopic (exact) mass is 665 g/mol. The second-order valence-electron chi connectivity index (χ2n) is 13.2. The SMILES string of the molecule is c1ccc(-c2nc(-c3cccc4ccccc34)nc(-c3cccc4oc5ccc(-c6ccc7oc8cc9ccccc9cc8c7c6)cc5c34)n2)cc1.